The Balaban J connectivity index is 2.30. The molecule has 0 bridgehead atoms. The molecule has 108 valence electrons. The van der Waals surface area contributed by atoms with Gasteiger partial charge in [0.15, 0.2) is 0 Å². The van der Waals surface area contributed by atoms with Crippen LogP contribution in [0, 0.1) is 17.8 Å². The second-order valence-corrected chi connectivity index (χ2v) is 6.56. The summed E-state index contributed by atoms with van der Waals surface area (Å²) in [5.41, 5.74) is 0. The molecule has 3 atom stereocenters. The molecule has 0 spiro atoms. The van der Waals surface area contributed by atoms with Gasteiger partial charge in [0, 0.05) is 12.6 Å². The van der Waals surface area contributed by atoms with Crippen LogP contribution in [-0.2, 0) is 0 Å². The molecule has 0 aromatic carbocycles. The second-order valence-electron chi connectivity index (χ2n) is 6.56. The van der Waals surface area contributed by atoms with Crippen molar-refractivity contribution in [1.82, 2.24) is 10.2 Å². The fourth-order valence-electron chi connectivity index (χ4n) is 2.86. The van der Waals surface area contributed by atoms with Gasteiger partial charge in [0.05, 0.1) is 0 Å². The van der Waals surface area contributed by atoms with E-state index in [1.54, 1.807) is 0 Å². The number of rotatable bonds is 9. The lowest BCUT2D eigenvalue weighted by Gasteiger charge is -2.45. The van der Waals surface area contributed by atoms with Gasteiger partial charge in [0.25, 0.3) is 0 Å². The van der Waals surface area contributed by atoms with Crippen LogP contribution in [0.4, 0.5) is 0 Å². The van der Waals surface area contributed by atoms with Gasteiger partial charge in [-0.3, -0.25) is 0 Å². The van der Waals surface area contributed by atoms with E-state index in [0.717, 1.165) is 23.8 Å². The van der Waals surface area contributed by atoms with Crippen molar-refractivity contribution in [3.05, 3.63) is 0 Å². The first-order chi connectivity index (χ1) is 8.58. The van der Waals surface area contributed by atoms with Crippen molar-refractivity contribution in [2.24, 2.45) is 17.8 Å². The van der Waals surface area contributed by atoms with Gasteiger partial charge in [-0.1, -0.05) is 41.0 Å². The van der Waals surface area contributed by atoms with Crippen LogP contribution in [0.15, 0.2) is 0 Å². The van der Waals surface area contributed by atoms with Crippen molar-refractivity contribution < 1.29 is 0 Å². The highest BCUT2D eigenvalue weighted by molar-refractivity contribution is 4.90. The monoisotopic (exact) mass is 254 g/mol. The SMILES string of the molecule is CCC(C)CN(CC)C1CCC1CNCC(C)C. The first-order valence-corrected chi connectivity index (χ1v) is 8.03. The van der Waals surface area contributed by atoms with Crippen LogP contribution in [0.2, 0.25) is 0 Å². The standard InChI is InChI=1S/C16H34N2/c1-6-14(5)12-18(7-2)16-9-8-15(16)11-17-10-13(3)4/h13-17H,6-12H2,1-5H3. The summed E-state index contributed by atoms with van der Waals surface area (Å²) in [5.74, 6) is 2.51. The zero-order chi connectivity index (χ0) is 13.5. The Morgan fingerprint density at radius 1 is 1.17 bits per heavy atom. The minimum atomic E-state index is 0.769. The van der Waals surface area contributed by atoms with Gasteiger partial charge in [-0.2, -0.15) is 0 Å². The van der Waals surface area contributed by atoms with Crippen molar-refractivity contribution in [2.45, 2.75) is 59.9 Å². The summed E-state index contributed by atoms with van der Waals surface area (Å²) < 4.78 is 0. The smallest absolute Gasteiger partial charge is 0.0136 e. The number of hydrogen-bond donors (Lipinski definition) is 1. The molecule has 3 unspecified atom stereocenters. The third-order valence-electron chi connectivity index (χ3n) is 4.45. The van der Waals surface area contributed by atoms with Crippen molar-refractivity contribution in [2.75, 3.05) is 26.2 Å². The van der Waals surface area contributed by atoms with Crippen molar-refractivity contribution in [3.8, 4) is 0 Å². The van der Waals surface area contributed by atoms with E-state index in [4.69, 9.17) is 0 Å². The molecule has 1 aliphatic carbocycles. The summed E-state index contributed by atoms with van der Waals surface area (Å²) in [6.45, 7) is 16.5. The summed E-state index contributed by atoms with van der Waals surface area (Å²) in [4.78, 5) is 2.72. The van der Waals surface area contributed by atoms with Crippen molar-refractivity contribution in [1.29, 1.82) is 0 Å². The Bertz CT molecular complexity index is 215. The van der Waals surface area contributed by atoms with Gasteiger partial charge in [-0.15, -0.1) is 0 Å². The van der Waals surface area contributed by atoms with Crippen molar-refractivity contribution >= 4 is 0 Å². The Hall–Kier alpha value is -0.0800. The third-order valence-corrected chi connectivity index (χ3v) is 4.45. The van der Waals surface area contributed by atoms with E-state index in [2.05, 4.69) is 44.8 Å². The topological polar surface area (TPSA) is 15.3 Å². The van der Waals surface area contributed by atoms with Gasteiger partial charge < -0.3 is 10.2 Å². The Morgan fingerprint density at radius 3 is 2.33 bits per heavy atom. The lowest BCUT2D eigenvalue weighted by molar-refractivity contribution is 0.0543. The van der Waals surface area contributed by atoms with Crippen LogP contribution >= 0.6 is 0 Å². The third kappa shape index (κ3) is 4.89. The fraction of sp³-hybridized carbons (Fsp3) is 1.00. The summed E-state index contributed by atoms with van der Waals surface area (Å²) in [5, 5.41) is 3.64. The van der Waals surface area contributed by atoms with E-state index in [0.29, 0.717) is 0 Å². The largest absolute Gasteiger partial charge is 0.316 e. The fourth-order valence-corrected chi connectivity index (χ4v) is 2.86. The highest BCUT2D eigenvalue weighted by atomic mass is 15.2. The minimum absolute atomic E-state index is 0.769. The van der Waals surface area contributed by atoms with Crippen molar-refractivity contribution in [3.63, 3.8) is 0 Å². The van der Waals surface area contributed by atoms with Crippen LogP contribution in [-0.4, -0.2) is 37.1 Å². The van der Waals surface area contributed by atoms with Crippen LogP contribution < -0.4 is 5.32 Å². The maximum atomic E-state index is 3.64. The molecule has 18 heavy (non-hydrogen) atoms. The maximum absolute atomic E-state index is 3.64. The van der Waals surface area contributed by atoms with E-state index >= 15 is 0 Å². The summed E-state index contributed by atoms with van der Waals surface area (Å²) >= 11 is 0. The van der Waals surface area contributed by atoms with Crippen LogP contribution in [0.25, 0.3) is 0 Å². The second kappa shape index (κ2) is 8.16. The Morgan fingerprint density at radius 2 is 1.89 bits per heavy atom. The molecule has 2 heteroatoms. The molecule has 1 N–H and O–H groups in total. The first kappa shape index (κ1) is 16.0. The normalized spacial score (nSPS) is 25.5. The predicted molar refractivity (Wildman–Crippen MR) is 80.9 cm³/mol. The van der Waals surface area contributed by atoms with Gasteiger partial charge >= 0.3 is 0 Å². The van der Waals surface area contributed by atoms with E-state index < -0.39 is 0 Å². The Kier molecular flexibility index (Phi) is 7.25. The van der Waals surface area contributed by atoms with Gasteiger partial charge in [0.2, 0.25) is 0 Å². The van der Waals surface area contributed by atoms with E-state index in [1.807, 2.05) is 0 Å². The summed E-state index contributed by atoms with van der Waals surface area (Å²) in [6, 6.07) is 0.851. The lowest BCUT2D eigenvalue weighted by Crippen LogP contribution is -2.51. The molecular weight excluding hydrogens is 220 g/mol. The first-order valence-electron chi connectivity index (χ1n) is 8.03. The zero-order valence-corrected chi connectivity index (χ0v) is 13.2. The van der Waals surface area contributed by atoms with Gasteiger partial charge in [-0.05, 0) is 50.2 Å². The highest BCUT2D eigenvalue weighted by Gasteiger charge is 2.34. The van der Waals surface area contributed by atoms with Gasteiger partial charge in [-0.25, -0.2) is 0 Å². The molecule has 0 aliphatic heterocycles. The Labute approximate surface area is 115 Å². The van der Waals surface area contributed by atoms with E-state index in [9.17, 15) is 0 Å². The molecule has 1 rings (SSSR count). The zero-order valence-electron chi connectivity index (χ0n) is 13.2. The average molecular weight is 254 g/mol. The summed E-state index contributed by atoms with van der Waals surface area (Å²) in [6.07, 6.45) is 4.14. The highest BCUT2D eigenvalue weighted by Crippen LogP contribution is 2.32. The number of hydrogen-bond acceptors (Lipinski definition) is 2. The van der Waals surface area contributed by atoms with Crippen LogP contribution in [0.1, 0.15) is 53.9 Å². The molecule has 0 aromatic rings. The molecule has 1 saturated carbocycles. The van der Waals surface area contributed by atoms with Crippen LogP contribution in [0.3, 0.4) is 0 Å². The number of nitrogens with zero attached hydrogens (tertiary/aromatic N) is 1. The quantitative estimate of drug-likeness (QED) is 0.678. The number of nitrogens with one attached hydrogen (secondary N) is 1. The minimum Gasteiger partial charge on any atom is -0.316 e. The van der Waals surface area contributed by atoms with Gasteiger partial charge in [0.1, 0.15) is 0 Å². The molecule has 0 radical (unpaired) electrons. The molecule has 0 aromatic heterocycles. The molecule has 1 aliphatic rings. The van der Waals surface area contributed by atoms with E-state index in [1.165, 1.54) is 45.4 Å². The maximum Gasteiger partial charge on any atom is 0.0136 e. The summed E-state index contributed by atoms with van der Waals surface area (Å²) in [7, 11) is 0. The van der Waals surface area contributed by atoms with Crippen LogP contribution in [0.5, 0.6) is 0 Å². The predicted octanol–water partition coefficient (Wildman–Crippen LogP) is 3.38. The molecule has 0 amide bonds. The average Bonchev–Trinajstić information content (AvgIpc) is 2.31. The molecule has 0 heterocycles. The van der Waals surface area contributed by atoms with E-state index in [-0.39, 0.29) is 0 Å². The lowest BCUT2D eigenvalue weighted by atomic mass is 9.78. The molecule has 0 saturated heterocycles. The molecule has 2 nitrogen and oxygen atoms in total. The molecule has 1 fully saturated rings. The molecular formula is C16H34N2.